The number of fused-ring (bicyclic) bond motifs is 3. The van der Waals surface area contributed by atoms with Gasteiger partial charge in [0.05, 0.1) is 6.04 Å². The van der Waals surface area contributed by atoms with Gasteiger partial charge < -0.3 is 5.32 Å². The van der Waals surface area contributed by atoms with Crippen molar-refractivity contribution >= 4 is 5.69 Å². The topological polar surface area (TPSA) is 24.9 Å². The molecule has 0 amide bonds. The van der Waals surface area contributed by atoms with E-state index in [0.29, 0.717) is 17.9 Å². The van der Waals surface area contributed by atoms with Crippen molar-refractivity contribution in [3.05, 3.63) is 72.1 Å². The van der Waals surface area contributed by atoms with E-state index >= 15 is 0 Å². The average molecular weight is 248 g/mol. The Bertz CT molecular complexity index is 618. The van der Waals surface area contributed by atoms with Gasteiger partial charge in [0.2, 0.25) is 0 Å². The molecule has 2 heteroatoms. The first kappa shape index (κ1) is 10.8. The lowest BCUT2D eigenvalue weighted by Crippen LogP contribution is -2.29. The quantitative estimate of drug-likeness (QED) is 0.774. The number of hydrogen-bond donors (Lipinski definition) is 1. The summed E-state index contributed by atoms with van der Waals surface area (Å²) >= 11 is 0. The average Bonchev–Trinajstić information content (AvgIpc) is 2.97. The Morgan fingerprint density at radius 2 is 2.05 bits per heavy atom. The molecule has 0 fully saturated rings. The van der Waals surface area contributed by atoms with Crippen molar-refractivity contribution < 1.29 is 0 Å². The van der Waals surface area contributed by atoms with E-state index in [0.717, 1.165) is 6.42 Å². The summed E-state index contributed by atoms with van der Waals surface area (Å²) in [5, 5.41) is 3.70. The van der Waals surface area contributed by atoms with E-state index < -0.39 is 0 Å². The molecule has 4 rings (SSSR count). The third-order valence-corrected chi connectivity index (χ3v) is 4.32. The number of pyridine rings is 1. The molecule has 1 aliphatic carbocycles. The second kappa shape index (κ2) is 4.23. The van der Waals surface area contributed by atoms with Gasteiger partial charge in [-0.2, -0.15) is 0 Å². The molecule has 2 heterocycles. The van der Waals surface area contributed by atoms with Gasteiger partial charge in [0.25, 0.3) is 0 Å². The minimum atomic E-state index is 0.364. The summed E-state index contributed by atoms with van der Waals surface area (Å²) in [6.45, 7) is 0. The van der Waals surface area contributed by atoms with Crippen molar-refractivity contribution in [3.63, 3.8) is 0 Å². The molecule has 0 saturated heterocycles. The van der Waals surface area contributed by atoms with Crippen LogP contribution in [0, 0.1) is 5.92 Å². The highest BCUT2D eigenvalue weighted by Crippen LogP contribution is 2.49. The lowest BCUT2D eigenvalue weighted by atomic mass is 9.77. The standard InChI is InChI=1S/C17H16N2/c1-2-9-16-14(6-1)13-7-3-8-15(13)17(19-16)12-5-4-10-18-11-12/h1-7,9-11,13,15,17,19H,8H2/t13-,15+,17-/m0/s1. The Morgan fingerprint density at radius 3 is 2.95 bits per heavy atom. The lowest BCUT2D eigenvalue weighted by molar-refractivity contribution is 0.425. The van der Waals surface area contributed by atoms with Crippen molar-refractivity contribution in [2.45, 2.75) is 18.4 Å². The number of benzene rings is 1. The van der Waals surface area contributed by atoms with Crippen molar-refractivity contribution in [2.24, 2.45) is 5.92 Å². The van der Waals surface area contributed by atoms with Gasteiger partial charge in [0, 0.05) is 24.0 Å². The fraction of sp³-hybridized carbons (Fsp3) is 0.235. The van der Waals surface area contributed by atoms with Crippen molar-refractivity contribution in [1.82, 2.24) is 4.98 Å². The largest absolute Gasteiger partial charge is 0.378 e. The molecule has 1 N–H and O–H groups in total. The van der Waals surface area contributed by atoms with Gasteiger partial charge in [-0.15, -0.1) is 0 Å². The van der Waals surface area contributed by atoms with Crippen molar-refractivity contribution in [3.8, 4) is 0 Å². The summed E-state index contributed by atoms with van der Waals surface area (Å²) < 4.78 is 0. The maximum atomic E-state index is 4.27. The summed E-state index contributed by atoms with van der Waals surface area (Å²) in [5.74, 6) is 1.15. The van der Waals surface area contributed by atoms with Gasteiger partial charge in [-0.25, -0.2) is 0 Å². The Hall–Kier alpha value is -2.09. The molecule has 94 valence electrons. The van der Waals surface area contributed by atoms with Gasteiger partial charge in [-0.1, -0.05) is 36.4 Å². The molecule has 0 radical (unpaired) electrons. The zero-order valence-corrected chi connectivity index (χ0v) is 10.7. The van der Waals surface area contributed by atoms with Crippen LogP contribution in [0.2, 0.25) is 0 Å². The molecule has 1 aromatic carbocycles. The molecule has 19 heavy (non-hydrogen) atoms. The van der Waals surface area contributed by atoms with Crippen LogP contribution in [-0.4, -0.2) is 4.98 Å². The van der Waals surface area contributed by atoms with Crippen LogP contribution in [0.15, 0.2) is 60.9 Å². The monoisotopic (exact) mass is 248 g/mol. The molecule has 0 spiro atoms. The normalized spacial score (nSPS) is 27.5. The summed E-state index contributed by atoms with van der Waals surface area (Å²) in [5.41, 5.74) is 3.99. The van der Waals surface area contributed by atoms with Crippen LogP contribution in [0.1, 0.15) is 29.5 Å². The number of rotatable bonds is 1. The smallest absolute Gasteiger partial charge is 0.0569 e. The number of nitrogens with one attached hydrogen (secondary N) is 1. The molecule has 1 aromatic heterocycles. The Balaban J connectivity index is 1.80. The van der Waals surface area contributed by atoms with Crippen LogP contribution in [0.3, 0.4) is 0 Å². The zero-order chi connectivity index (χ0) is 12.7. The third-order valence-electron chi connectivity index (χ3n) is 4.32. The Morgan fingerprint density at radius 1 is 1.11 bits per heavy atom. The molecular formula is C17H16N2. The van der Waals surface area contributed by atoms with Crippen molar-refractivity contribution in [2.75, 3.05) is 5.32 Å². The lowest BCUT2D eigenvalue weighted by Gasteiger charge is -2.37. The van der Waals surface area contributed by atoms with E-state index in [9.17, 15) is 0 Å². The number of allylic oxidation sites excluding steroid dienone is 2. The minimum Gasteiger partial charge on any atom is -0.378 e. The number of para-hydroxylation sites is 1. The molecule has 0 bridgehead atoms. The van der Waals surface area contributed by atoms with Crippen LogP contribution in [0.25, 0.3) is 0 Å². The third kappa shape index (κ3) is 1.67. The summed E-state index contributed by atoms with van der Waals surface area (Å²) in [6.07, 6.45) is 9.66. The first-order chi connectivity index (χ1) is 9.43. The van der Waals surface area contributed by atoms with Gasteiger partial charge in [0.15, 0.2) is 0 Å². The van der Waals surface area contributed by atoms with Gasteiger partial charge in [-0.05, 0) is 35.6 Å². The van der Waals surface area contributed by atoms with Crippen LogP contribution in [0.5, 0.6) is 0 Å². The molecule has 1 aliphatic heterocycles. The SMILES string of the molecule is C1=C[C@H]2c3ccccc3N[C@@H](c3cccnc3)[C@@H]2C1. The Labute approximate surface area is 113 Å². The van der Waals surface area contributed by atoms with E-state index in [4.69, 9.17) is 0 Å². The van der Waals surface area contributed by atoms with Gasteiger partial charge in [0.1, 0.15) is 0 Å². The molecular weight excluding hydrogens is 232 g/mol. The first-order valence-corrected chi connectivity index (χ1v) is 6.85. The number of aromatic nitrogens is 1. The maximum Gasteiger partial charge on any atom is 0.0569 e. The fourth-order valence-corrected chi connectivity index (χ4v) is 3.43. The molecule has 2 aliphatic rings. The van der Waals surface area contributed by atoms with Crippen molar-refractivity contribution in [1.29, 1.82) is 0 Å². The highest BCUT2D eigenvalue weighted by molar-refractivity contribution is 5.59. The molecule has 0 saturated carbocycles. The van der Waals surface area contributed by atoms with E-state index in [2.05, 4.69) is 52.8 Å². The Kier molecular flexibility index (Phi) is 2.41. The minimum absolute atomic E-state index is 0.364. The molecule has 2 aromatic rings. The van der Waals surface area contributed by atoms with Crippen LogP contribution in [-0.2, 0) is 0 Å². The van der Waals surface area contributed by atoms with Gasteiger partial charge in [-0.3, -0.25) is 4.98 Å². The van der Waals surface area contributed by atoms with Gasteiger partial charge >= 0.3 is 0 Å². The van der Waals surface area contributed by atoms with E-state index in [1.54, 1.807) is 0 Å². The highest BCUT2D eigenvalue weighted by Gasteiger charge is 2.37. The first-order valence-electron chi connectivity index (χ1n) is 6.85. The van der Waals surface area contributed by atoms with E-state index in [1.165, 1.54) is 16.8 Å². The number of hydrogen-bond acceptors (Lipinski definition) is 2. The maximum absolute atomic E-state index is 4.27. The second-order valence-electron chi connectivity index (χ2n) is 5.35. The second-order valence-corrected chi connectivity index (χ2v) is 5.35. The number of anilines is 1. The number of nitrogens with zero attached hydrogens (tertiary/aromatic N) is 1. The summed E-state index contributed by atoms with van der Waals surface area (Å²) in [7, 11) is 0. The summed E-state index contributed by atoms with van der Waals surface area (Å²) in [6, 6.07) is 13.2. The molecule has 2 nitrogen and oxygen atoms in total. The van der Waals surface area contributed by atoms with E-state index in [1.807, 2.05) is 18.5 Å². The highest BCUT2D eigenvalue weighted by atomic mass is 15.0. The summed E-state index contributed by atoms with van der Waals surface area (Å²) in [4.78, 5) is 4.27. The molecule has 3 atom stereocenters. The van der Waals surface area contributed by atoms with E-state index in [-0.39, 0.29) is 0 Å². The predicted octanol–water partition coefficient (Wildman–Crippen LogP) is 3.91. The molecule has 0 unspecified atom stereocenters. The fourth-order valence-electron chi connectivity index (χ4n) is 3.43. The van der Waals surface area contributed by atoms with Crippen LogP contribution in [0.4, 0.5) is 5.69 Å². The van der Waals surface area contributed by atoms with Crippen LogP contribution < -0.4 is 5.32 Å². The zero-order valence-electron chi connectivity index (χ0n) is 10.7. The predicted molar refractivity (Wildman–Crippen MR) is 77.0 cm³/mol. The van der Waals surface area contributed by atoms with Crippen LogP contribution >= 0.6 is 0 Å².